The van der Waals surface area contributed by atoms with Crippen LogP contribution in [0, 0.1) is 0 Å². The highest BCUT2D eigenvalue weighted by atomic mass is 31.2. The van der Waals surface area contributed by atoms with Crippen LogP contribution in [0.5, 0.6) is 0 Å². The SMILES string of the molecule is CCCCCCC/C=C\C/C=C\C/C=C\CCCCCCCCCOCC(COP(=O)(O)OCCN)OC(=O)CCCCCCCCCCCCCC. The van der Waals surface area contributed by atoms with Crippen molar-refractivity contribution >= 4 is 13.8 Å². The Balaban J connectivity index is 4.00. The van der Waals surface area contributed by atoms with Crippen LogP contribution in [0.2, 0.25) is 0 Å². The number of carbonyl (C=O) groups excluding carboxylic acids is 1. The van der Waals surface area contributed by atoms with Crippen molar-refractivity contribution in [3.05, 3.63) is 36.5 Å². The van der Waals surface area contributed by atoms with Crippen LogP contribution in [0.15, 0.2) is 36.5 Å². The van der Waals surface area contributed by atoms with Crippen LogP contribution in [0.4, 0.5) is 0 Å². The fourth-order valence-corrected chi connectivity index (χ4v) is 6.83. The molecule has 0 saturated carbocycles. The molecule has 0 aromatic carbocycles. The molecule has 0 aliphatic rings. The molecule has 2 unspecified atom stereocenters. The van der Waals surface area contributed by atoms with Gasteiger partial charge in [0.05, 0.1) is 19.8 Å². The Labute approximate surface area is 327 Å². The average Bonchev–Trinajstić information content (AvgIpc) is 3.15. The second-order valence-corrected chi connectivity index (χ2v) is 16.0. The lowest BCUT2D eigenvalue weighted by atomic mass is 10.0. The zero-order valence-corrected chi connectivity index (χ0v) is 35.4. The number of phosphoric acid groups is 1. The third kappa shape index (κ3) is 41.7. The first kappa shape index (κ1) is 51.7. The van der Waals surface area contributed by atoms with E-state index in [9.17, 15) is 14.3 Å². The van der Waals surface area contributed by atoms with Crippen molar-refractivity contribution in [1.29, 1.82) is 0 Å². The molecule has 0 spiro atoms. The van der Waals surface area contributed by atoms with Gasteiger partial charge in [-0.05, 0) is 51.4 Å². The van der Waals surface area contributed by atoms with Gasteiger partial charge in [0.1, 0.15) is 6.10 Å². The highest BCUT2D eigenvalue weighted by molar-refractivity contribution is 7.47. The van der Waals surface area contributed by atoms with Crippen molar-refractivity contribution in [2.45, 2.75) is 206 Å². The summed E-state index contributed by atoms with van der Waals surface area (Å²) in [6.45, 7) is 4.90. The van der Waals surface area contributed by atoms with Crippen molar-refractivity contribution in [2.75, 3.05) is 33.0 Å². The van der Waals surface area contributed by atoms with E-state index >= 15 is 0 Å². The Morgan fingerprint density at radius 1 is 0.566 bits per heavy atom. The van der Waals surface area contributed by atoms with Crippen molar-refractivity contribution in [2.24, 2.45) is 5.73 Å². The molecule has 0 aliphatic carbocycles. The molecule has 0 fully saturated rings. The van der Waals surface area contributed by atoms with E-state index in [0.717, 1.165) is 51.4 Å². The van der Waals surface area contributed by atoms with Gasteiger partial charge >= 0.3 is 13.8 Å². The third-order valence-electron chi connectivity index (χ3n) is 9.31. The van der Waals surface area contributed by atoms with Crippen LogP contribution in [0.1, 0.15) is 200 Å². The topological polar surface area (TPSA) is 117 Å². The molecule has 3 N–H and O–H groups in total. The third-order valence-corrected chi connectivity index (χ3v) is 10.3. The second-order valence-electron chi connectivity index (χ2n) is 14.6. The van der Waals surface area contributed by atoms with Crippen LogP contribution in [0.3, 0.4) is 0 Å². The molecular formula is C44H84NO7P. The van der Waals surface area contributed by atoms with Crippen LogP contribution in [0.25, 0.3) is 0 Å². The molecule has 0 saturated heterocycles. The summed E-state index contributed by atoms with van der Waals surface area (Å²) in [5, 5.41) is 0. The van der Waals surface area contributed by atoms with E-state index in [1.54, 1.807) is 0 Å². The molecule has 0 amide bonds. The van der Waals surface area contributed by atoms with Gasteiger partial charge < -0.3 is 20.1 Å². The summed E-state index contributed by atoms with van der Waals surface area (Å²) < 4.78 is 33.4. The van der Waals surface area contributed by atoms with E-state index < -0.39 is 13.9 Å². The molecule has 0 heterocycles. The smallest absolute Gasteiger partial charge is 0.457 e. The van der Waals surface area contributed by atoms with E-state index in [-0.39, 0.29) is 32.3 Å². The van der Waals surface area contributed by atoms with E-state index in [4.69, 9.17) is 24.3 Å². The quantitative estimate of drug-likeness (QED) is 0.0273. The van der Waals surface area contributed by atoms with Gasteiger partial charge in [0.15, 0.2) is 0 Å². The number of hydrogen-bond donors (Lipinski definition) is 2. The van der Waals surface area contributed by atoms with E-state index in [1.807, 2.05) is 0 Å². The van der Waals surface area contributed by atoms with Gasteiger partial charge in [-0.15, -0.1) is 0 Å². The molecule has 312 valence electrons. The second kappa shape index (κ2) is 41.9. The number of hydrogen-bond acceptors (Lipinski definition) is 7. The molecule has 8 nitrogen and oxygen atoms in total. The van der Waals surface area contributed by atoms with E-state index in [0.29, 0.717) is 13.0 Å². The summed E-state index contributed by atoms with van der Waals surface area (Å²) >= 11 is 0. The number of rotatable bonds is 42. The van der Waals surface area contributed by atoms with E-state index in [2.05, 4.69) is 50.3 Å². The van der Waals surface area contributed by atoms with Gasteiger partial charge in [-0.1, -0.05) is 179 Å². The number of nitrogens with two attached hydrogens (primary N) is 1. The zero-order valence-electron chi connectivity index (χ0n) is 34.5. The Morgan fingerprint density at radius 3 is 1.49 bits per heavy atom. The molecule has 0 aromatic heterocycles. The average molecular weight is 770 g/mol. The summed E-state index contributed by atoms with van der Waals surface area (Å²) in [5.74, 6) is -0.334. The molecule has 9 heteroatoms. The van der Waals surface area contributed by atoms with Gasteiger partial charge in [-0.2, -0.15) is 0 Å². The molecule has 0 bridgehead atoms. The summed E-state index contributed by atoms with van der Waals surface area (Å²) in [6, 6.07) is 0. The summed E-state index contributed by atoms with van der Waals surface area (Å²) in [6.07, 6.45) is 47.3. The minimum absolute atomic E-state index is 0.0968. The summed E-state index contributed by atoms with van der Waals surface area (Å²) in [7, 11) is -4.27. The van der Waals surface area contributed by atoms with Gasteiger partial charge in [0.25, 0.3) is 0 Å². The molecule has 0 radical (unpaired) electrons. The highest BCUT2D eigenvalue weighted by Crippen LogP contribution is 2.43. The Morgan fingerprint density at radius 2 is 1.00 bits per heavy atom. The number of allylic oxidation sites excluding steroid dienone is 6. The van der Waals surface area contributed by atoms with Crippen molar-refractivity contribution < 1.29 is 32.8 Å². The zero-order chi connectivity index (χ0) is 38.8. The predicted molar refractivity (Wildman–Crippen MR) is 224 cm³/mol. The number of phosphoric ester groups is 1. The number of esters is 1. The standard InChI is InChI=1S/C44H84NO7P/c1-3-5-7-9-11-13-15-17-18-19-20-21-22-23-24-25-26-28-30-32-34-36-39-49-41-43(42-51-53(47,48)50-40-38-45)52-44(46)37-35-33-31-29-27-16-14-12-10-8-6-4-2/h15,17,19-20,22-23,43H,3-14,16,18,21,24-42,45H2,1-2H3,(H,47,48)/b17-15-,20-19-,23-22-. The van der Waals surface area contributed by atoms with E-state index in [1.165, 1.54) is 128 Å². The summed E-state index contributed by atoms with van der Waals surface area (Å²) in [4.78, 5) is 22.4. The first-order valence-corrected chi connectivity index (χ1v) is 23.5. The highest BCUT2D eigenvalue weighted by Gasteiger charge is 2.25. The van der Waals surface area contributed by atoms with Crippen molar-refractivity contribution in [3.8, 4) is 0 Å². The first-order chi connectivity index (χ1) is 25.9. The lowest BCUT2D eigenvalue weighted by Crippen LogP contribution is -2.28. The van der Waals surface area contributed by atoms with Crippen LogP contribution in [-0.2, 0) is 27.9 Å². The van der Waals surface area contributed by atoms with Gasteiger partial charge in [-0.3, -0.25) is 13.8 Å². The van der Waals surface area contributed by atoms with Crippen LogP contribution in [-0.4, -0.2) is 49.9 Å². The molecular weight excluding hydrogens is 685 g/mol. The maximum Gasteiger partial charge on any atom is 0.472 e. The lowest BCUT2D eigenvalue weighted by Gasteiger charge is -2.20. The predicted octanol–water partition coefficient (Wildman–Crippen LogP) is 13.0. The molecule has 0 aliphatic heterocycles. The minimum atomic E-state index is -4.27. The number of unbranched alkanes of at least 4 members (excludes halogenated alkanes) is 23. The lowest BCUT2D eigenvalue weighted by molar-refractivity contribution is -0.154. The minimum Gasteiger partial charge on any atom is -0.457 e. The van der Waals surface area contributed by atoms with Crippen molar-refractivity contribution in [1.82, 2.24) is 0 Å². The maximum absolute atomic E-state index is 12.5. The Bertz CT molecular complexity index is 910. The number of ether oxygens (including phenoxy) is 2. The number of carbonyl (C=O) groups is 1. The normalized spacial score (nSPS) is 13.8. The first-order valence-electron chi connectivity index (χ1n) is 22.0. The molecule has 0 aromatic rings. The van der Waals surface area contributed by atoms with Gasteiger partial charge in [0.2, 0.25) is 0 Å². The fourth-order valence-electron chi connectivity index (χ4n) is 6.06. The van der Waals surface area contributed by atoms with Gasteiger partial charge in [-0.25, -0.2) is 4.57 Å². The Kier molecular flexibility index (Phi) is 40.9. The van der Waals surface area contributed by atoms with Gasteiger partial charge in [0, 0.05) is 19.6 Å². The molecule has 2 atom stereocenters. The maximum atomic E-state index is 12.5. The van der Waals surface area contributed by atoms with Crippen LogP contribution < -0.4 is 5.73 Å². The molecule has 53 heavy (non-hydrogen) atoms. The van der Waals surface area contributed by atoms with Crippen molar-refractivity contribution in [3.63, 3.8) is 0 Å². The molecule has 0 rings (SSSR count). The fraction of sp³-hybridized carbons (Fsp3) is 0.841. The Hall–Kier alpha value is -1.28. The van der Waals surface area contributed by atoms with Crippen LogP contribution >= 0.6 is 7.82 Å². The largest absolute Gasteiger partial charge is 0.472 e. The monoisotopic (exact) mass is 770 g/mol. The summed E-state index contributed by atoms with van der Waals surface area (Å²) in [5.41, 5.74) is 5.36.